The Labute approximate surface area is 179 Å². The smallest absolute Gasteiger partial charge is 0.330 e. The lowest BCUT2D eigenvalue weighted by molar-refractivity contribution is 0.392. The number of aliphatic hydroxyl groups excluding tert-OH is 1. The van der Waals surface area contributed by atoms with E-state index in [1.54, 1.807) is 38.1 Å². The monoisotopic (exact) mass is 473 g/mol. The van der Waals surface area contributed by atoms with Crippen LogP contribution in [-0.4, -0.2) is 32.3 Å². The van der Waals surface area contributed by atoms with Gasteiger partial charge in [-0.15, -0.1) is 0 Å². The molecule has 1 heterocycles. The van der Waals surface area contributed by atoms with Gasteiger partial charge >= 0.3 is 10.2 Å². The topological polar surface area (TPSA) is 136 Å². The second-order valence-corrected chi connectivity index (χ2v) is 11.1. The number of phenolic OH excluding ortho intramolecular Hbond substituents is 1. The van der Waals surface area contributed by atoms with E-state index < -0.39 is 31.4 Å². The fourth-order valence-electron chi connectivity index (χ4n) is 2.75. The number of anilines is 2. The van der Waals surface area contributed by atoms with Gasteiger partial charge in [0.25, 0.3) is 0 Å². The lowest BCUT2D eigenvalue weighted by atomic mass is 10.0. The lowest BCUT2D eigenvalue weighted by Gasteiger charge is -2.17. The molecule has 0 aliphatic carbocycles. The Balaban J connectivity index is 1.93. The number of phenols is 1. The Morgan fingerprint density at radius 1 is 1.17 bits per heavy atom. The van der Waals surface area contributed by atoms with Crippen LogP contribution in [-0.2, 0) is 26.7 Å². The van der Waals surface area contributed by atoms with Gasteiger partial charge in [0, 0.05) is 5.02 Å². The van der Waals surface area contributed by atoms with Gasteiger partial charge in [-0.05, 0) is 61.7 Å². The summed E-state index contributed by atoms with van der Waals surface area (Å²) in [6.07, 6.45) is 1.15. The molecule has 0 fully saturated rings. The number of rotatable bonds is 6. The molecule has 12 heteroatoms. The third-order valence-electron chi connectivity index (χ3n) is 4.34. The Morgan fingerprint density at radius 2 is 1.87 bits per heavy atom. The summed E-state index contributed by atoms with van der Waals surface area (Å²) in [7, 11) is -7.61. The summed E-state index contributed by atoms with van der Waals surface area (Å²) in [6.45, 7) is 3.12. The number of sulfonamides is 1. The van der Waals surface area contributed by atoms with Gasteiger partial charge in [0.2, 0.25) is 15.9 Å². The molecule has 0 unspecified atom stereocenters. The molecule has 162 valence electrons. The summed E-state index contributed by atoms with van der Waals surface area (Å²) >= 11 is 6.07. The zero-order valence-electron chi connectivity index (χ0n) is 16.0. The number of aromatic hydroxyl groups is 1. The zero-order chi connectivity index (χ0) is 22.3. The van der Waals surface area contributed by atoms with Crippen LogP contribution in [0.1, 0.15) is 25.0 Å². The highest BCUT2D eigenvalue weighted by atomic mass is 35.5. The third-order valence-corrected chi connectivity index (χ3v) is 7.61. The van der Waals surface area contributed by atoms with Crippen molar-refractivity contribution >= 4 is 43.2 Å². The van der Waals surface area contributed by atoms with Crippen molar-refractivity contribution in [2.24, 2.45) is 0 Å². The predicted molar refractivity (Wildman–Crippen MR) is 115 cm³/mol. The molecule has 0 saturated heterocycles. The van der Waals surface area contributed by atoms with Gasteiger partial charge in [-0.25, -0.2) is 17.4 Å². The van der Waals surface area contributed by atoms with Gasteiger partial charge < -0.3 is 10.2 Å². The van der Waals surface area contributed by atoms with E-state index in [1.807, 2.05) is 4.72 Å². The number of hydrogen-bond acceptors (Lipinski definition) is 6. The van der Waals surface area contributed by atoms with Crippen molar-refractivity contribution < 1.29 is 27.0 Å². The minimum Gasteiger partial charge on any atom is -0.506 e. The van der Waals surface area contributed by atoms with E-state index in [2.05, 4.69) is 4.72 Å². The molecule has 9 nitrogen and oxygen atoms in total. The second kappa shape index (κ2) is 7.89. The highest BCUT2D eigenvalue weighted by Crippen LogP contribution is 2.34. The van der Waals surface area contributed by atoms with Crippen LogP contribution < -0.4 is 13.7 Å². The molecular formula is C18H20ClN3O6S2. The lowest BCUT2D eigenvalue weighted by Crippen LogP contribution is -2.29. The fourth-order valence-corrected chi connectivity index (χ4v) is 4.75. The van der Waals surface area contributed by atoms with Crippen molar-refractivity contribution in [3.8, 4) is 5.75 Å². The first-order chi connectivity index (χ1) is 13.9. The van der Waals surface area contributed by atoms with Gasteiger partial charge in [0.1, 0.15) is 11.4 Å². The van der Waals surface area contributed by atoms with E-state index in [-0.39, 0.29) is 17.9 Å². The van der Waals surface area contributed by atoms with E-state index >= 15 is 0 Å². The fraction of sp³-hybridized carbons (Fsp3) is 0.222. The number of aliphatic hydroxyl groups is 1. The summed E-state index contributed by atoms with van der Waals surface area (Å²) in [5.74, 6) is -0.908. The molecule has 0 radical (unpaired) electrons. The van der Waals surface area contributed by atoms with Crippen LogP contribution in [0.2, 0.25) is 5.02 Å². The first-order valence-corrected chi connectivity index (χ1v) is 12.1. The molecule has 2 aromatic carbocycles. The highest BCUT2D eigenvalue weighted by molar-refractivity contribution is 7.93. The van der Waals surface area contributed by atoms with Gasteiger partial charge in [-0.1, -0.05) is 17.7 Å². The molecule has 0 bridgehead atoms. The van der Waals surface area contributed by atoms with Crippen LogP contribution in [0.5, 0.6) is 5.75 Å². The zero-order valence-corrected chi connectivity index (χ0v) is 18.4. The van der Waals surface area contributed by atoms with Crippen LogP contribution in [0.4, 0.5) is 11.4 Å². The summed E-state index contributed by atoms with van der Waals surface area (Å²) in [5.41, 5.74) is 1.46. The van der Waals surface area contributed by atoms with Crippen molar-refractivity contribution in [2.75, 3.05) is 9.03 Å². The quantitative estimate of drug-likeness (QED) is 0.509. The molecule has 0 atom stereocenters. The molecular weight excluding hydrogens is 454 g/mol. The predicted octanol–water partition coefficient (Wildman–Crippen LogP) is 2.80. The number of nitrogens with one attached hydrogen (secondary N) is 2. The van der Waals surface area contributed by atoms with Crippen molar-refractivity contribution in [3.63, 3.8) is 0 Å². The molecule has 0 spiro atoms. The minimum absolute atomic E-state index is 0.0536. The molecule has 2 aromatic rings. The summed E-state index contributed by atoms with van der Waals surface area (Å²) < 4.78 is 53.6. The molecule has 1 aliphatic rings. The Bertz CT molecular complexity index is 1230. The van der Waals surface area contributed by atoms with E-state index in [1.165, 1.54) is 12.1 Å². The number of hydrogen-bond donors (Lipinski definition) is 4. The maximum atomic E-state index is 12.2. The van der Waals surface area contributed by atoms with Gasteiger partial charge in [-0.2, -0.15) is 8.42 Å². The maximum Gasteiger partial charge on any atom is 0.330 e. The number of halogens is 1. The number of nitrogens with zero attached hydrogens (tertiary/aromatic N) is 1. The SMILES string of the molecule is CC(C)S(=O)(=O)Nc1ccc(Cl)cc1Cc1ccc(N2C=C(O)NS2(=O)=O)c(O)c1. The maximum absolute atomic E-state index is 12.2. The first-order valence-electron chi connectivity index (χ1n) is 8.74. The van der Waals surface area contributed by atoms with Crippen molar-refractivity contribution in [1.29, 1.82) is 0 Å². The Hall–Kier alpha value is -2.63. The molecule has 1 aliphatic heterocycles. The molecule has 0 aromatic heterocycles. The average Bonchev–Trinajstić information content (AvgIpc) is 2.89. The van der Waals surface area contributed by atoms with Crippen molar-refractivity contribution in [3.05, 3.63) is 64.6 Å². The Morgan fingerprint density at radius 3 is 2.43 bits per heavy atom. The van der Waals surface area contributed by atoms with Gasteiger partial charge in [-0.3, -0.25) is 4.72 Å². The normalized spacial score (nSPS) is 15.7. The van der Waals surface area contributed by atoms with E-state index in [9.17, 15) is 27.0 Å². The average molecular weight is 474 g/mol. The molecule has 30 heavy (non-hydrogen) atoms. The van der Waals surface area contributed by atoms with Crippen LogP contribution in [0.15, 0.2) is 48.5 Å². The van der Waals surface area contributed by atoms with Crippen LogP contribution in [0, 0.1) is 0 Å². The first kappa shape index (κ1) is 22.1. The van der Waals surface area contributed by atoms with Crippen LogP contribution >= 0.6 is 11.6 Å². The molecule has 0 saturated carbocycles. The number of benzene rings is 2. The molecule has 4 N–H and O–H groups in total. The van der Waals surface area contributed by atoms with E-state index in [0.717, 1.165) is 6.20 Å². The van der Waals surface area contributed by atoms with Gasteiger partial charge in [0.15, 0.2) is 0 Å². The molecule has 0 amide bonds. The van der Waals surface area contributed by atoms with Gasteiger partial charge in [0.05, 0.1) is 17.1 Å². The van der Waals surface area contributed by atoms with E-state index in [0.29, 0.717) is 26.1 Å². The Kier molecular flexibility index (Phi) is 5.81. The summed E-state index contributed by atoms with van der Waals surface area (Å²) in [6, 6.07) is 9.04. The standard InChI is InChI=1S/C18H20ClN3O6S2/c1-11(2)29(25,26)20-15-5-4-14(19)9-13(15)7-12-3-6-16(17(23)8-12)22-10-18(24)21-30(22,27)28/h3-6,8-11,20-21,23-24H,7H2,1-2H3. The highest BCUT2D eigenvalue weighted by Gasteiger charge is 2.30. The largest absolute Gasteiger partial charge is 0.506 e. The van der Waals surface area contributed by atoms with E-state index in [4.69, 9.17) is 11.6 Å². The minimum atomic E-state index is -4.04. The summed E-state index contributed by atoms with van der Waals surface area (Å²) in [5, 5.41) is 19.5. The second-order valence-electron chi connectivity index (χ2n) is 6.91. The third kappa shape index (κ3) is 4.58. The molecule has 3 rings (SSSR count). The van der Waals surface area contributed by atoms with Crippen LogP contribution in [0.25, 0.3) is 0 Å². The van der Waals surface area contributed by atoms with Crippen molar-refractivity contribution in [1.82, 2.24) is 4.72 Å². The van der Waals surface area contributed by atoms with Crippen molar-refractivity contribution in [2.45, 2.75) is 25.5 Å². The van der Waals surface area contributed by atoms with Crippen LogP contribution in [0.3, 0.4) is 0 Å². The summed E-state index contributed by atoms with van der Waals surface area (Å²) in [4.78, 5) is 0.